The van der Waals surface area contributed by atoms with Crippen LogP contribution in [0.25, 0.3) is 11.1 Å². The molecule has 0 spiro atoms. The summed E-state index contributed by atoms with van der Waals surface area (Å²) in [6.45, 7) is 4.58. The smallest absolute Gasteiger partial charge is 0.0460 e. The van der Waals surface area contributed by atoms with E-state index in [9.17, 15) is 0 Å². The van der Waals surface area contributed by atoms with Gasteiger partial charge in [-0.05, 0) is 40.8 Å². The first kappa shape index (κ1) is 11.5. The van der Waals surface area contributed by atoms with Crippen LogP contribution < -0.4 is 5.32 Å². The number of fused-ring (bicyclic) bond motifs is 3. The second-order valence-corrected chi connectivity index (χ2v) is 5.70. The minimum Gasteiger partial charge on any atom is -0.380 e. The molecule has 1 aliphatic carbocycles. The zero-order valence-electron chi connectivity index (χ0n) is 10.0. The number of halogens is 1. The highest BCUT2D eigenvalue weighted by Crippen LogP contribution is 2.37. The number of anilines is 1. The first-order valence-electron chi connectivity index (χ1n) is 6.02. The molecule has 90 valence electrons. The molecule has 0 aromatic heterocycles. The van der Waals surface area contributed by atoms with E-state index in [4.69, 9.17) is 0 Å². The summed E-state index contributed by atoms with van der Waals surface area (Å²) in [4.78, 5) is 0. The molecule has 0 radical (unpaired) electrons. The van der Waals surface area contributed by atoms with Crippen molar-refractivity contribution in [3.63, 3.8) is 0 Å². The van der Waals surface area contributed by atoms with Crippen LogP contribution in [-0.2, 0) is 6.42 Å². The Bertz CT molecular complexity index is 616. The maximum Gasteiger partial charge on any atom is 0.0460 e. The number of hydrogen-bond donors (Lipinski definition) is 1. The number of nitrogens with one attached hydrogen (secondary N) is 1. The lowest BCUT2D eigenvalue weighted by Gasteiger charge is -2.07. The molecular formula is C16H14BrN. The summed E-state index contributed by atoms with van der Waals surface area (Å²) in [6.07, 6.45) is 1.04. The summed E-state index contributed by atoms with van der Waals surface area (Å²) >= 11 is 3.36. The van der Waals surface area contributed by atoms with Gasteiger partial charge in [0.25, 0.3) is 0 Å². The van der Waals surface area contributed by atoms with Gasteiger partial charge in [0.15, 0.2) is 0 Å². The molecule has 18 heavy (non-hydrogen) atoms. The fourth-order valence-electron chi connectivity index (χ4n) is 2.45. The maximum atomic E-state index is 3.83. The summed E-state index contributed by atoms with van der Waals surface area (Å²) < 4.78 is 0.964. The van der Waals surface area contributed by atoms with Crippen molar-refractivity contribution in [2.45, 2.75) is 6.42 Å². The summed E-state index contributed by atoms with van der Waals surface area (Å²) in [5.74, 6) is 0. The van der Waals surface area contributed by atoms with E-state index in [-0.39, 0.29) is 0 Å². The van der Waals surface area contributed by atoms with Crippen molar-refractivity contribution in [2.75, 3.05) is 11.9 Å². The lowest BCUT2D eigenvalue weighted by molar-refractivity contribution is 1.25. The molecule has 0 aliphatic heterocycles. The highest BCUT2D eigenvalue weighted by molar-refractivity contribution is 9.11. The van der Waals surface area contributed by atoms with Gasteiger partial charge in [-0.3, -0.25) is 0 Å². The van der Waals surface area contributed by atoms with Gasteiger partial charge in [0, 0.05) is 16.7 Å². The van der Waals surface area contributed by atoms with Crippen LogP contribution in [0.4, 0.5) is 5.69 Å². The Morgan fingerprint density at radius 3 is 2.72 bits per heavy atom. The molecule has 0 bridgehead atoms. The first-order chi connectivity index (χ1) is 8.74. The Morgan fingerprint density at radius 1 is 1.11 bits per heavy atom. The van der Waals surface area contributed by atoms with Crippen LogP contribution in [0, 0.1) is 0 Å². The number of hydrogen-bond acceptors (Lipinski definition) is 1. The van der Waals surface area contributed by atoms with Gasteiger partial charge in [0.05, 0.1) is 0 Å². The molecule has 2 aromatic rings. The predicted molar refractivity (Wildman–Crippen MR) is 81.2 cm³/mol. The van der Waals surface area contributed by atoms with Gasteiger partial charge in [-0.15, -0.1) is 0 Å². The van der Waals surface area contributed by atoms with Gasteiger partial charge in [0.1, 0.15) is 0 Å². The monoisotopic (exact) mass is 299 g/mol. The Balaban J connectivity index is 1.91. The minimum absolute atomic E-state index is 0.756. The van der Waals surface area contributed by atoms with Crippen molar-refractivity contribution in [1.29, 1.82) is 0 Å². The van der Waals surface area contributed by atoms with Crippen LogP contribution in [0.5, 0.6) is 0 Å². The van der Waals surface area contributed by atoms with Crippen LogP contribution in [-0.4, -0.2) is 6.54 Å². The molecule has 0 amide bonds. The molecular weight excluding hydrogens is 286 g/mol. The van der Waals surface area contributed by atoms with Gasteiger partial charge < -0.3 is 5.32 Å². The van der Waals surface area contributed by atoms with Gasteiger partial charge in [-0.1, -0.05) is 52.8 Å². The van der Waals surface area contributed by atoms with E-state index in [2.05, 4.69) is 70.3 Å². The summed E-state index contributed by atoms with van der Waals surface area (Å²) in [5, 5.41) is 3.35. The van der Waals surface area contributed by atoms with Crippen molar-refractivity contribution < 1.29 is 0 Å². The van der Waals surface area contributed by atoms with Gasteiger partial charge in [-0.25, -0.2) is 0 Å². The summed E-state index contributed by atoms with van der Waals surface area (Å²) in [5.41, 5.74) is 6.73. The number of rotatable bonds is 3. The second kappa shape index (κ2) is 4.62. The zero-order valence-corrected chi connectivity index (χ0v) is 11.6. The molecule has 0 saturated carbocycles. The van der Waals surface area contributed by atoms with Crippen molar-refractivity contribution in [3.8, 4) is 11.1 Å². The van der Waals surface area contributed by atoms with E-state index >= 15 is 0 Å². The van der Waals surface area contributed by atoms with E-state index < -0.39 is 0 Å². The molecule has 0 saturated heterocycles. The van der Waals surface area contributed by atoms with Gasteiger partial charge in [0.2, 0.25) is 0 Å². The molecule has 2 heteroatoms. The lowest BCUT2D eigenvalue weighted by Crippen LogP contribution is -2.00. The molecule has 0 heterocycles. The van der Waals surface area contributed by atoms with E-state index in [1.807, 2.05) is 0 Å². The quantitative estimate of drug-likeness (QED) is 0.746. The van der Waals surface area contributed by atoms with Crippen LogP contribution in [0.3, 0.4) is 0 Å². The van der Waals surface area contributed by atoms with Crippen molar-refractivity contribution in [2.24, 2.45) is 0 Å². The summed E-state index contributed by atoms with van der Waals surface area (Å²) in [7, 11) is 0. The topological polar surface area (TPSA) is 12.0 Å². The highest BCUT2D eigenvalue weighted by Gasteiger charge is 2.17. The first-order valence-corrected chi connectivity index (χ1v) is 6.82. The van der Waals surface area contributed by atoms with Crippen molar-refractivity contribution in [3.05, 3.63) is 64.7 Å². The van der Waals surface area contributed by atoms with E-state index in [0.717, 1.165) is 23.1 Å². The average Bonchev–Trinajstić information content (AvgIpc) is 2.73. The predicted octanol–water partition coefficient (Wildman–Crippen LogP) is 4.58. The third-order valence-corrected chi connectivity index (χ3v) is 3.56. The fourth-order valence-corrected chi connectivity index (χ4v) is 2.59. The minimum atomic E-state index is 0.756. The van der Waals surface area contributed by atoms with Crippen LogP contribution in [0.15, 0.2) is 53.5 Å². The third kappa shape index (κ3) is 2.08. The molecule has 3 rings (SSSR count). The van der Waals surface area contributed by atoms with Gasteiger partial charge in [-0.2, -0.15) is 0 Å². The zero-order chi connectivity index (χ0) is 12.5. The molecule has 0 fully saturated rings. The highest BCUT2D eigenvalue weighted by atomic mass is 79.9. The van der Waals surface area contributed by atoms with E-state index in [1.165, 1.54) is 22.3 Å². The maximum absolute atomic E-state index is 3.83. The molecule has 1 N–H and O–H groups in total. The Morgan fingerprint density at radius 2 is 1.89 bits per heavy atom. The molecule has 1 aliphatic rings. The summed E-state index contributed by atoms with van der Waals surface area (Å²) in [6, 6.07) is 15.2. The van der Waals surface area contributed by atoms with E-state index in [0.29, 0.717) is 0 Å². The number of benzene rings is 2. The largest absolute Gasteiger partial charge is 0.380 e. The van der Waals surface area contributed by atoms with Crippen molar-refractivity contribution in [1.82, 2.24) is 0 Å². The molecule has 0 unspecified atom stereocenters. The Hall–Kier alpha value is -1.54. The van der Waals surface area contributed by atoms with E-state index in [1.54, 1.807) is 0 Å². The SMILES string of the molecule is C=C(Br)CNc1ccc2c(c1)Cc1ccccc1-2. The molecule has 0 atom stereocenters. The fraction of sp³-hybridized carbons (Fsp3) is 0.125. The molecule has 1 nitrogen and oxygen atoms in total. The third-order valence-electron chi connectivity index (χ3n) is 3.28. The van der Waals surface area contributed by atoms with Crippen LogP contribution >= 0.6 is 15.9 Å². The average molecular weight is 300 g/mol. The van der Waals surface area contributed by atoms with Gasteiger partial charge >= 0.3 is 0 Å². The Labute approximate surface area is 116 Å². The normalized spacial score (nSPS) is 11.8. The standard InChI is InChI=1S/C16H14BrN/c1-11(17)10-18-14-6-7-16-13(9-14)8-12-4-2-3-5-15(12)16/h2-7,9,18H,1,8,10H2. The second-order valence-electron chi connectivity index (χ2n) is 4.58. The lowest BCUT2D eigenvalue weighted by atomic mass is 10.1. The Kier molecular flexibility index (Phi) is 2.96. The van der Waals surface area contributed by atoms with Crippen LogP contribution in [0.2, 0.25) is 0 Å². The van der Waals surface area contributed by atoms with Crippen molar-refractivity contribution >= 4 is 21.6 Å². The molecule has 2 aromatic carbocycles. The van der Waals surface area contributed by atoms with Crippen LogP contribution in [0.1, 0.15) is 11.1 Å².